The van der Waals surface area contributed by atoms with Crippen molar-refractivity contribution in [2.75, 3.05) is 0 Å². The molecule has 0 spiro atoms. The van der Waals surface area contributed by atoms with Crippen molar-refractivity contribution in [3.63, 3.8) is 0 Å². The van der Waals surface area contributed by atoms with Crippen LogP contribution in [0.25, 0.3) is 11.2 Å². The highest BCUT2D eigenvalue weighted by molar-refractivity contribution is 6.31. The monoisotopic (exact) mass is 424 g/mol. The molecule has 0 amide bonds. The Balaban J connectivity index is 1.27. The summed E-state index contributed by atoms with van der Waals surface area (Å²) in [4.78, 5) is 37.9. The second kappa shape index (κ2) is 7.17. The molecule has 0 saturated heterocycles. The number of aryl methyl sites for hydroxylation is 1. The van der Waals surface area contributed by atoms with Gasteiger partial charge >= 0.3 is 0 Å². The summed E-state index contributed by atoms with van der Waals surface area (Å²) in [5, 5.41) is 4.59. The second-order valence-corrected chi connectivity index (χ2v) is 7.93. The maximum Gasteiger partial charge on any atom is 0.280 e. The number of ketones is 1. The lowest BCUT2D eigenvalue weighted by molar-refractivity contribution is 0.0824. The van der Waals surface area contributed by atoms with Gasteiger partial charge in [-0.05, 0) is 25.0 Å². The minimum Gasteiger partial charge on any atom is -0.337 e. The summed E-state index contributed by atoms with van der Waals surface area (Å²) in [5.41, 5.74) is 1.21. The molecule has 152 valence electrons. The van der Waals surface area contributed by atoms with Gasteiger partial charge in [0.1, 0.15) is 12.9 Å². The molecule has 1 saturated carbocycles. The van der Waals surface area contributed by atoms with E-state index in [9.17, 15) is 9.59 Å². The highest BCUT2D eigenvalue weighted by Gasteiger charge is 2.38. The molecule has 1 aliphatic carbocycles. The van der Waals surface area contributed by atoms with Crippen LogP contribution in [0.5, 0.6) is 0 Å². The third-order valence-electron chi connectivity index (χ3n) is 5.47. The van der Waals surface area contributed by atoms with Crippen molar-refractivity contribution >= 4 is 28.5 Å². The van der Waals surface area contributed by atoms with Gasteiger partial charge in [-0.25, -0.2) is 9.97 Å². The molecule has 1 aliphatic rings. The Labute approximate surface area is 175 Å². The van der Waals surface area contributed by atoms with Gasteiger partial charge in [-0.3, -0.25) is 14.2 Å². The fraction of sp³-hybridized carbons (Fsp3) is 0.300. The zero-order valence-electron chi connectivity index (χ0n) is 16.0. The van der Waals surface area contributed by atoms with Crippen molar-refractivity contribution in [1.29, 1.82) is 0 Å². The third kappa shape index (κ3) is 3.21. The molecule has 1 fully saturated rings. The van der Waals surface area contributed by atoms with Crippen LogP contribution in [0.4, 0.5) is 0 Å². The quantitative estimate of drug-likeness (QED) is 0.453. The Bertz CT molecular complexity index is 1320. The Morgan fingerprint density at radius 3 is 2.87 bits per heavy atom. The van der Waals surface area contributed by atoms with Crippen LogP contribution < -0.4 is 5.56 Å². The zero-order valence-corrected chi connectivity index (χ0v) is 16.8. The van der Waals surface area contributed by atoms with Crippen molar-refractivity contribution < 1.29 is 9.32 Å². The first kappa shape index (κ1) is 18.7. The number of halogens is 1. The Morgan fingerprint density at radius 2 is 2.07 bits per heavy atom. The van der Waals surface area contributed by atoms with Gasteiger partial charge in [0.25, 0.3) is 5.56 Å². The second-order valence-electron chi connectivity index (χ2n) is 7.49. The molecule has 4 aromatic rings. The SMILES string of the molecule is Cn1cnc2ncn(Cc3nc([C@H]4C[C@H](C(=O)c5cccc(Cl)c5)C4)no3)c(=O)c21. The van der Waals surface area contributed by atoms with Crippen LogP contribution in [0.2, 0.25) is 5.02 Å². The fourth-order valence-electron chi connectivity index (χ4n) is 3.75. The summed E-state index contributed by atoms with van der Waals surface area (Å²) in [6.07, 6.45) is 4.29. The van der Waals surface area contributed by atoms with Crippen LogP contribution >= 0.6 is 11.6 Å². The summed E-state index contributed by atoms with van der Waals surface area (Å²) in [5.74, 6) is 0.946. The molecule has 5 rings (SSSR count). The van der Waals surface area contributed by atoms with Crippen LogP contribution in [0, 0.1) is 5.92 Å². The molecular formula is C20H17ClN6O3. The first-order chi connectivity index (χ1) is 14.5. The maximum absolute atomic E-state index is 12.6. The minimum absolute atomic E-state index is 0.0602. The molecule has 0 unspecified atom stereocenters. The molecule has 0 atom stereocenters. The Morgan fingerprint density at radius 1 is 1.27 bits per heavy atom. The van der Waals surface area contributed by atoms with E-state index in [2.05, 4.69) is 20.1 Å². The Kier molecular flexibility index (Phi) is 4.47. The lowest BCUT2D eigenvalue weighted by Gasteiger charge is -2.31. The Hall–Kier alpha value is -3.33. The van der Waals surface area contributed by atoms with E-state index in [1.807, 2.05) is 0 Å². The van der Waals surface area contributed by atoms with Gasteiger partial charge in [-0.2, -0.15) is 4.98 Å². The summed E-state index contributed by atoms with van der Waals surface area (Å²) in [7, 11) is 1.74. The van der Waals surface area contributed by atoms with Crippen LogP contribution in [-0.2, 0) is 13.6 Å². The highest BCUT2D eigenvalue weighted by atomic mass is 35.5. The number of carbonyl (C=O) groups is 1. The average Bonchev–Trinajstić information content (AvgIpc) is 3.30. The summed E-state index contributed by atoms with van der Waals surface area (Å²) >= 11 is 5.98. The molecule has 0 bridgehead atoms. The topological polar surface area (TPSA) is 109 Å². The number of fused-ring (bicyclic) bond motifs is 1. The number of aromatic nitrogens is 6. The number of hydrogen-bond donors (Lipinski definition) is 0. The lowest BCUT2D eigenvalue weighted by atomic mass is 9.71. The fourth-order valence-corrected chi connectivity index (χ4v) is 3.94. The number of hydrogen-bond acceptors (Lipinski definition) is 7. The molecule has 9 nitrogen and oxygen atoms in total. The molecule has 10 heteroatoms. The van der Waals surface area contributed by atoms with Crippen molar-refractivity contribution in [2.45, 2.75) is 25.3 Å². The van der Waals surface area contributed by atoms with Gasteiger partial charge in [0.05, 0.1) is 6.33 Å². The molecule has 0 aliphatic heterocycles. The first-order valence-corrected chi connectivity index (χ1v) is 9.86. The molecule has 0 N–H and O–H groups in total. The number of carbonyl (C=O) groups excluding carboxylic acids is 1. The number of imidazole rings is 1. The molecule has 3 aromatic heterocycles. The number of Topliss-reactive ketones (excluding diaryl/α,β-unsaturated/α-hetero) is 1. The van der Waals surface area contributed by atoms with Crippen molar-refractivity contribution in [1.82, 2.24) is 29.2 Å². The standard InChI is InChI=1S/C20H17ClN6O3/c1-26-9-22-19-16(26)20(29)27(10-23-19)8-15-24-18(25-30-15)13-5-12(6-13)17(28)11-3-2-4-14(21)7-11/h2-4,7,9-10,12-13H,5-6,8H2,1H3/t12-,13-. The summed E-state index contributed by atoms with van der Waals surface area (Å²) in [6, 6.07) is 6.99. The number of nitrogens with zero attached hydrogens (tertiary/aromatic N) is 6. The van der Waals surface area contributed by atoms with Crippen molar-refractivity contribution in [2.24, 2.45) is 13.0 Å². The maximum atomic E-state index is 12.6. The van der Waals surface area contributed by atoms with Crippen molar-refractivity contribution in [3.05, 3.63) is 69.6 Å². The van der Waals surface area contributed by atoms with Gasteiger partial charge < -0.3 is 9.09 Å². The van der Waals surface area contributed by atoms with E-state index >= 15 is 0 Å². The van der Waals surface area contributed by atoms with Gasteiger partial charge in [-0.15, -0.1) is 0 Å². The first-order valence-electron chi connectivity index (χ1n) is 9.48. The van der Waals surface area contributed by atoms with E-state index in [-0.39, 0.29) is 29.7 Å². The smallest absolute Gasteiger partial charge is 0.280 e. The average molecular weight is 425 g/mol. The van der Waals surface area contributed by atoms with E-state index in [1.165, 1.54) is 10.9 Å². The van der Waals surface area contributed by atoms with Crippen LogP contribution in [-0.4, -0.2) is 35.0 Å². The predicted octanol–water partition coefficient (Wildman–Crippen LogP) is 2.59. The van der Waals surface area contributed by atoms with Crippen molar-refractivity contribution in [3.8, 4) is 0 Å². The third-order valence-corrected chi connectivity index (χ3v) is 5.71. The zero-order chi connectivity index (χ0) is 20.8. The molecule has 1 aromatic carbocycles. The van der Waals surface area contributed by atoms with Crippen LogP contribution in [0.1, 0.15) is 40.8 Å². The molecule has 30 heavy (non-hydrogen) atoms. The van der Waals surface area contributed by atoms with Gasteiger partial charge in [0, 0.05) is 29.5 Å². The highest BCUT2D eigenvalue weighted by Crippen LogP contribution is 2.42. The summed E-state index contributed by atoms with van der Waals surface area (Å²) in [6.45, 7) is 0.123. The van der Waals surface area contributed by atoms with E-state index in [4.69, 9.17) is 16.1 Å². The molecule has 0 radical (unpaired) electrons. The van der Waals surface area contributed by atoms with Crippen LogP contribution in [0.15, 0.2) is 46.2 Å². The number of rotatable bonds is 5. The van der Waals surface area contributed by atoms with E-state index < -0.39 is 0 Å². The van der Waals surface area contributed by atoms with E-state index in [0.29, 0.717) is 46.3 Å². The predicted molar refractivity (Wildman–Crippen MR) is 107 cm³/mol. The van der Waals surface area contributed by atoms with Gasteiger partial charge in [0.15, 0.2) is 22.8 Å². The minimum atomic E-state index is -0.226. The summed E-state index contributed by atoms with van der Waals surface area (Å²) < 4.78 is 8.37. The molecular weight excluding hydrogens is 408 g/mol. The van der Waals surface area contributed by atoms with Gasteiger partial charge in [0.2, 0.25) is 5.89 Å². The van der Waals surface area contributed by atoms with E-state index in [0.717, 1.165) is 0 Å². The largest absolute Gasteiger partial charge is 0.337 e. The number of benzene rings is 1. The van der Waals surface area contributed by atoms with E-state index in [1.54, 1.807) is 42.2 Å². The van der Waals surface area contributed by atoms with Gasteiger partial charge in [-0.1, -0.05) is 28.9 Å². The van der Waals surface area contributed by atoms with Crippen LogP contribution in [0.3, 0.4) is 0 Å². The normalized spacial score (nSPS) is 18.5. The molecule has 3 heterocycles. The lowest BCUT2D eigenvalue weighted by Crippen LogP contribution is -2.29.